The highest BCUT2D eigenvalue weighted by Crippen LogP contribution is 2.20. The number of pyridine rings is 1. The van der Waals surface area contributed by atoms with Crippen molar-refractivity contribution in [1.29, 1.82) is 0 Å². The fraction of sp³-hybridized carbons (Fsp3) is 0.100. The third-order valence-corrected chi connectivity index (χ3v) is 2.12. The summed E-state index contributed by atoms with van der Waals surface area (Å²) in [5.74, 6) is 0.639. The van der Waals surface area contributed by atoms with Crippen LogP contribution >= 0.6 is 0 Å². The van der Waals surface area contributed by atoms with E-state index >= 15 is 0 Å². The van der Waals surface area contributed by atoms with Crippen LogP contribution in [0.4, 0.5) is 5.69 Å². The van der Waals surface area contributed by atoms with Crippen molar-refractivity contribution < 1.29 is 4.74 Å². The van der Waals surface area contributed by atoms with Gasteiger partial charge in [-0.2, -0.15) is 0 Å². The van der Waals surface area contributed by atoms with Crippen LogP contribution in [-0.2, 0) is 0 Å². The van der Waals surface area contributed by atoms with Gasteiger partial charge in [-0.3, -0.25) is 4.79 Å². The van der Waals surface area contributed by atoms with E-state index in [4.69, 9.17) is 10.5 Å². The van der Waals surface area contributed by atoms with Gasteiger partial charge in [0.2, 0.25) is 5.43 Å². The van der Waals surface area contributed by atoms with Crippen molar-refractivity contribution in [2.45, 2.75) is 0 Å². The molecule has 14 heavy (non-hydrogen) atoms. The van der Waals surface area contributed by atoms with Gasteiger partial charge in [-0.05, 0) is 12.1 Å². The molecule has 0 amide bonds. The summed E-state index contributed by atoms with van der Waals surface area (Å²) in [5, 5.41) is 0.546. The van der Waals surface area contributed by atoms with Crippen LogP contribution in [0.1, 0.15) is 0 Å². The molecular weight excluding hydrogens is 180 g/mol. The topological polar surface area (TPSA) is 68.1 Å². The van der Waals surface area contributed by atoms with Gasteiger partial charge in [0.1, 0.15) is 5.75 Å². The standard InChI is InChI=1S/C10H10N2O2/c1-14-8-4-2-3-6-9(8)12-5-7(11)10(6)13/h2-5H,11H2,1H3,(H,12,13). The molecule has 1 aromatic heterocycles. The number of nitrogens with two attached hydrogens (primary N) is 1. The lowest BCUT2D eigenvalue weighted by Gasteiger charge is -2.04. The molecule has 0 aliphatic rings. The zero-order valence-electron chi connectivity index (χ0n) is 7.70. The molecule has 2 rings (SSSR count). The molecule has 4 heteroatoms. The number of para-hydroxylation sites is 1. The smallest absolute Gasteiger partial charge is 0.212 e. The van der Waals surface area contributed by atoms with Gasteiger partial charge in [0.05, 0.1) is 23.7 Å². The Hall–Kier alpha value is -1.97. The van der Waals surface area contributed by atoms with Crippen molar-refractivity contribution in [1.82, 2.24) is 4.98 Å². The van der Waals surface area contributed by atoms with Crippen molar-refractivity contribution in [3.63, 3.8) is 0 Å². The molecule has 0 unspecified atom stereocenters. The molecule has 1 heterocycles. The first-order valence-corrected chi connectivity index (χ1v) is 4.18. The molecule has 2 aromatic rings. The average molecular weight is 190 g/mol. The number of benzene rings is 1. The minimum Gasteiger partial charge on any atom is -0.495 e. The minimum absolute atomic E-state index is 0.169. The second kappa shape index (κ2) is 3.06. The summed E-state index contributed by atoms with van der Waals surface area (Å²) in [7, 11) is 1.56. The van der Waals surface area contributed by atoms with Gasteiger partial charge in [0, 0.05) is 6.20 Å². The van der Waals surface area contributed by atoms with E-state index in [1.165, 1.54) is 6.20 Å². The lowest BCUT2D eigenvalue weighted by molar-refractivity contribution is 0.419. The van der Waals surface area contributed by atoms with E-state index in [1.807, 2.05) is 0 Å². The molecule has 0 saturated heterocycles. The van der Waals surface area contributed by atoms with E-state index in [1.54, 1.807) is 25.3 Å². The second-order valence-corrected chi connectivity index (χ2v) is 2.96. The van der Waals surface area contributed by atoms with Crippen molar-refractivity contribution in [2.24, 2.45) is 0 Å². The van der Waals surface area contributed by atoms with Gasteiger partial charge in [0.15, 0.2) is 0 Å². The molecular formula is C10H10N2O2. The maximum absolute atomic E-state index is 11.6. The normalized spacial score (nSPS) is 10.4. The summed E-state index contributed by atoms with van der Waals surface area (Å²) in [6, 6.07) is 5.26. The van der Waals surface area contributed by atoms with Crippen LogP contribution in [0.15, 0.2) is 29.2 Å². The Labute approximate surface area is 80.3 Å². The summed E-state index contributed by atoms with van der Waals surface area (Å²) in [5.41, 5.74) is 6.21. The fourth-order valence-corrected chi connectivity index (χ4v) is 1.41. The lowest BCUT2D eigenvalue weighted by atomic mass is 10.2. The van der Waals surface area contributed by atoms with E-state index in [0.717, 1.165) is 0 Å². The molecule has 0 saturated carbocycles. The van der Waals surface area contributed by atoms with Crippen LogP contribution in [0.5, 0.6) is 5.75 Å². The number of methoxy groups -OCH3 is 1. The molecule has 0 aliphatic carbocycles. The monoisotopic (exact) mass is 190 g/mol. The second-order valence-electron chi connectivity index (χ2n) is 2.96. The number of hydrogen-bond donors (Lipinski definition) is 2. The van der Waals surface area contributed by atoms with Crippen LogP contribution in [0.25, 0.3) is 10.9 Å². The fourth-order valence-electron chi connectivity index (χ4n) is 1.41. The van der Waals surface area contributed by atoms with Crippen LogP contribution in [0.3, 0.4) is 0 Å². The first kappa shape index (κ1) is 8.62. The Morgan fingerprint density at radius 3 is 2.93 bits per heavy atom. The first-order chi connectivity index (χ1) is 6.74. The highest BCUT2D eigenvalue weighted by molar-refractivity contribution is 5.86. The zero-order chi connectivity index (χ0) is 10.1. The number of anilines is 1. The number of aromatic nitrogens is 1. The molecule has 4 nitrogen and oxygen atoms in total. The van der Waals surface area contributed by atoms with Gasteiger partial charge in [-0.1, -0.05) is 6.07 Å². The highest BCUT2D eigenvalue weighted by atomic mass is 16.5. The van der Waals surface area contributed by atoms with Gasteiger partial charge in [-0.25, -0.2) is 0 Å². The Balaban J connectivity index is 2.93. The third kappa shape index (κ3) is 1.12. The third-order valence-electron chi connectivity index (χ3n) is 2.12. The zero-order valence-corrected chi connectivity index (χ0v) is 7.70. The van der Waals surface area contributed by atoms with Gasteiger partial charge in [0.25, 0.3) is 0 Å². The minimum atomic E-state index is -0.169. The maximum atomic E-state index is 11.6. The van der Waals surface area contributed by atoms with Crippen molar-refractivity contribution in [3.05, 3.63) is 34.6 Å². The molecule has 1 aromatic carbocycles. The van der Waals surface area contributed by atoms with Crippen LogP contribution in [0, 0.1) is 0 Å². The van der Waals surface area contributed by atoms with Crippen LogP contribution in [-0.4, -0.2) is 12.1 Å². The van der Waals surface area contributed by atoms with Gasteiger partial charge >= 0.3 is 0 Å². The lowest BCUT2D eigenvalue weighted by Crippen LogP contribution is -2.09. The maximum Gasteiger partial charge on any atom is 0.212 e. The predicted octanol–water partition coefficient (Wildman–Crippen LogP) is 1.12. The van der Waals surface area contributed by atoms with E-state index < -0.39 is 0 Å². The molecule has 72 valence electrons. The summed E-state index contributed by atoms with van der Waals surface area (Å²) >= 11 is 0. The molecule has 0 bridgehead atoms. The number of H-pyrrole nitrogens is 1. The van der Waals surface area contributed by atoms with Crippen molar-refractivity contribution >= 4 is 16.6 Å². The molecule has 0 aliphatic heterocycles. The largest absolute Gasteiger partial charge is 0.495 e. The number of hydrogen-bond acceptors (Lipinski definition) is 3. The van der Waals surface area contributed by atoms with E-state index in [0.29, 0.717) is 16.7 Å². The molecule has 0 spiro atoms. The summed E-state index contributed by atoms with van der Waals surface area (Å²) in [6.07, 6.45) is 1.48. The Morgan fingerprint density at radius 1 is 1.43 bits per heavy atom. The summed E-state index contributed by atoms with van der Waals surface area (Å²) in [6.45, 7) is 0. The molecule has 0 radical (unpaired) electrons. The van der Waals surface area contributed by atoms with Crippen LogP contribution in [0.2, 0.25) is 0 Å². The Bertz CT molecular complexity index is 531. The average Bonchev–Trinajstić information content (AvgIpc) is 2.23. The molecule has 3 N–H and O–H groups in total. The quantitative estimate of drug-likeness (QED) is 0.708. The number of fused-ring (bicyclic) bond motifs is 1. The number of nitrogens with one attached hydrogen (secondary N) is 1. The Morgan fingerprint density at radius 2 is 2.21 bits per heavy atom. The summed E-state index contributed by atoms with van der Waals surface area (Å²) < 4.78 is 5.11. The first-order valence-electron chi connectivity index (χ1n) is 4.18. The molecule has 0 fully saturated rings. The van der Waals surface area contributed by atoms with Crippen molar-refractivity contribution in [2.75, 3.05) is 12.8 Å². The number of aromatic amines is 1. The molecule has 0 atom stereocenters. The van der Waals surface area contributed by atoms with Crippen molar-refractivity contribution in [3.8, 4) is 5.75 Å². The van der Waals surface area contributed by atoms with Crippen LogP contribution < -0.4 is 15.9 Å². The summed E-state index contributed by atoms with van der Waals surface area (Å²) in [4.78, 5) is 14.5. The van der Waals surface area contributed by atoms with E-state index in [-0.39, 0.29) is 11.1 Å². The van der Waals surface area contributed by atoms with Gasteiger partial charge in [-0.15, -0.1) is 0 Å². The number of nitrogen functional groups attached to an aromatic ring is 1. The number of ether oxygens (including phenoxy) is 1. The van der Waals surface area contributed by atoms with E-state index in [9.17, 15) is 4.79 Å². The Kier molecular flexibility index (Phi) is 1.89. The number of rotatable bonds is 1. The predicted molar refractivity (Wildman–Crippen MR) is 55.5 cm³/mol. The highest BCUT2D eigenvalue weighted by Gasteiger charge is 2.05. The van der Waals surface area contributed by atoms with E-state index in [2.05, 4.69) is 4.98 Å². The van der Waals surface area contributed by atoms with Gasteiger partial charge < -0.3 is 15.5 Å². The SMILES string of the molecule is COc1cccc2c(=O)c(N)c[nH]c12.